The number of aromatic nitrogens is 1. The normalized spacial score (nSPS) is 10.4. The number of phenolic OH excluding ortho intramolecular Hbond substituents is 1. The second-order valence-corrected chi connectivity index (χ2v) is 6.62. The maximum atomic E-state index is 12.4. The quantitative estimate of drug-likeness (QED) is 0.590. The van der Waals surface area contributed by atoms with E-state index in [4.69, 9.17) is 21.7 Å². The lowest BCUT2D eigenvalue weighted by molar-refractivity contribution is 0.0977. The number of methoxy groups -OCH3 is 2. The first-order valence-corrected chi connectivity index (χ1v) is 8.66. The summed E-state index contributed by atoms with van der Waals surface area (Å²) >= 11 is 6.49. The van der Waals surface area contributed by atoms with Crippen molar-refractivity contribution in [3.8, 4) is 17.2 Å². The van der Waals surface area contributed by atoms with Crippen LogP contribution >= 0.6 is 23.6 Å². The standard InChI is InChI=1S/C17H15N3O4S2/c1-23-11-5-9(6-12(8-11)24-2)15(22)19-16(25)20-17-18-13-4-3-10(21)7-14(13)26-17/h3-8,21H,1-2H3,(H2,18,19,20,22,25). The molecule has 0 saturated heterocycles. The van der Waals surface area contributed by atoms with Crippen molar-refractivity contribution >= 4 is 49.9 Å². The van der Waals surface area contributed by atoms with E-state index in [1.165, 1.54) is 25.6 Å². The van der Waals surface area contributed by atoms with E-state index in [0.717, 1.165) is 10.2 Å². The van der Waals surface area contributed by atoms with Crippen molar-refractivity contribution in [1.82, 2.24) is 10.3 Å². The number of hydrogen-bond acceptors (Lipinski definition) is 7. The van der Waals surface area contributed by atoms with E-state index in [2.05, 4.69) is 15.6 Å². The Labute approximate surface area is 158 Å². The lowest BCUT2D eigenvalue weighted by atomic mass is 10.2. The Morgan fingerprint density at radius 1 is 1.15 bits per heavy atom. The van der Waals surface area contributed by atoms with Crippen molar-refractivity contribution in [2.75, 3.05) is 19.5 Å². The molecule has 1 heterocycles. The fraction of sp³-hybridized carbons (Fsp3) is 0.118. The fourth-order valence-electron chi connectivity index (χ4n) is 2.21. The van der Waals surface area contributed by atoms with Gasteiger partial charge in [-0.25, -0.2) is 4.98 Å². The Morgan fingerprint density at radius 3 is 2.50 bits per heavy atom. The summed E-state index contributed by atoms with van der Waals surface area (Å²) in [7, 11) is 3.02. The van der Waals surface area contributed by atoms with E-state index in [0.29, 0.717) is 22.2 Å². The second-order valence-electron chi connectivity index (χ2n) is 5.18. The molecule has 3 N–H and O–H groups in total. The van der Waals surface area contributed by atoms with E-state index < -0.39 is 5.91 Å². The van der Waals surface area contributed by atoms with Crippen LogP contribution in [0.4, 0.5) is 5.13 Å². The third-order valence-corrected chi connectivity index (χ3v) is 4.57. The molecule has 0 radical (unpaired) electrons. The average Bonchev–Trinajstić information content (AvgIpc) is 3.02. The Balaban J connectivity index is 1.71. The molecule has 0 aliphatic carbocycles. The summed E-state index contributed by atoms with van der Waals surface area (Å²) < 4.78 is 11.1. The number of ether oxygens (including phenoxy) is 2. The molecule has 1 amide bonds. The van der Waals surface area contributed by atoms with Gasteiger partial charge in [0.05, 0.1) is 24.4 Å². The molecule has 26 heavy (non-hydrogen) atoms. The minimum absolute atomic E-state index is 0.111. The predicted octanol–water partition coefficient (Wildman–Crippen LogP) is 3.15. The van der Waals surface area contributed by atoms with E-state index >= 15 is 0 Å². The summed E-state index contributed by atoms with van der Waals surface area (Å²) in [5.74, 6) is 0.757. The first-order chi connectivity index (χ1) is 12.5. The zero-order valence-electron chi connectivity index (χ0n) is 13.9. The van der Waals surface area contributed by atoms with Gasteiger partial charge in [0.2, 0.25) is 0 Å². The van der Waals surface area contributed by atoms with Gasteiger partial charge in [0, 0.05) is 11.6 Å². The van der Waals surface area contributed by atoms with Crippen molar-refractivity contribution in [2.45, 2.75) is 0 Å². The lowest BCUT2D eigenvalue weighted by Gasteiger charge is -2.10. The van der Waals surface area contributed by atoms with Crippen molar-refractivity contribution < 1.29 is 19.4 Å². The molecule has 9 heteroatoms. The smallest absolute Gasteiger partial charge is 0.257 e. The highest BCUT2D eigenvalue weighted by molar-refractivity contribution is 7.80. The van der Waals surface area contributed by atoms with E-state index in [-0.39, 0.29) is 10.9 Å². The Kier molecular flexibility index (Phi) is 5.19. The molecular formula is C17H15N3O4S2. The van der Waals surface area contributed by atoms with E-state index in [9.17, 15) is 9.90 Å². The van der Waals surface area contributed by atoms with Crippen molar-refractivity contribution in [3.05, 3.63) is 42.0 Å². The largest absolute Gasteiger partial charge is 0.508 e. The molecule has 0 spiro atoms. The molecule has 0 saturated carbocycles. The molecule has 134 valence electrons. The number of anilines is 1. The summed E-state index contributed by atoms with van der Waals surface area (Å²) in [4.78, 5) is 16.7. The summed E-state index contributed by atoms with van der Waals surface area (Å²) in [6.45, 7) is 0. The first kappa shape index (κ1) is 17.9. The highest BCUT2D eigenvalue weighted by Crippen LogP contribution is 2.28. The van der Waals surface area contributed by atoms with Crippen LogP contribution in [0.2, 0.25) is 0 Å². The van der Waals surface area contributed by atoms with Crippen LogP contribution in [0, 0.1) is 0 Å². The molecule has 7 nitrogen and oxygen atoms in total. The van der Waals surface area contributed by atoms with Gasteiger partial charge in [0.15, 0.2) is 10.2 Å². The van der Waals surface area contributed by atoms with Gasteiger partial charge in [0.1, 0.15) is 17.2 Å². The molecule has 0 bridgehead atoms. The summed E-state index contributed by atoms with van der Waals surface area (Å²) in [6, 6.07) is 9.71. The van der Waals surface area contributed by atoms with Gasteiger partial charge in [-0.2, -0.15) is 0 Å². The highest BCUT2D eigenvalue weighted by Gasteiger charge is 2.13. The van der Waals surface area contributed by atoms with Gasteiger partial charge >= 0.3 is 0 Å². The number of thiazole rings is 1. The minimum atomic E-state index is -0.404. The SMILES string of the molecule is COc1cc(OC)cc(C(=O)NC(=S)Nc2nc3ccc(O)cc3s2)c1. The van der Waals surface area contributed by atoms with Crippen LogP contribution in [0.1, 0.15) is 10.4 Å². The maximum Gasteiger partial charge on any atom is 0.257 e. The number of carbonyl (C=O) groups is 1. The zero-order chi connectivity index (χ0) is 18.7. The number of amides is 1. The molecule has 2 aromatic carbocycles. The van der Waals surface area contributed by atoms with Gasteiger partial charge < -0.3 is 19.9 Å². The van der Waals surface area contributed by atoms with Crippen LogP contribution in [-0.2, 0) is 0 Å². The fourth-order valence-corrected chi connectivity index (χ4v) is 3.37. The molecule has 0 aliphatic rings. The number of carbonyl (C=O) groups excluding carboxylic acids is 1. The van der Waals surface area contributed by atoms with Crippen molar-refractivity contribution in [1.29, 1.82) is 0 Å². The second kappa shape index (κ2) is 7.54. The van der Waals surface area contributed by atoms with Crippen LogP contribution in [-0.4, -0.2) is 35.3 Å². The molecule has 1 aromatic heterocycles. The van der Waals surface area contributed by atoms with E-state index in [1.807, 2.05) is 0 Å². The maximum absolute atomic E-state index is 12.4. The van der Waals surface area contributed by atoms with Crippen LogP contribution in [0.5, 0.6) is 17.2 Å². The molecule has 0 atom stereocenters. The number of aromatic hydroxyl groups is 1. The van der Waals surface area contributed by atoms with Crippen molar-refractivity contribution in [2.24, 2.45) is 0 Å². The van der Waals surface area contributed by atoms with Crippen molar-refractivity contribution in [3.63, 3.8) is 0 Å². The summed E-state index contributed by atoms with van der Waals surface area (Å²) in [5, 5.41) is 15.6. The number of thiocarbonyl (C=S) groups is 1. The van der Waals surface area contributed by atoms with Crippen LogP contribution in [0.3, 0.4) is 0 Å². The Morgan fingerprint density at radius 2 is 1.85 bits per heavy atom. The van der Waals surface area contributed by atoms with Gasteiger partial charge in [0.25, 0.3) is 5.91 Å². The van der Waals surface area contributed by atoms with Crippen LogP contribution in [0.15, 0.2) is 36.4 Å². The number of benzene rings is 2. The molecule has 0 aliphatic heterocycles. The minimum Gasteiger partial charge on any atom is -0.508 e. The molecule has 3 rings (SSSR count). The third-order valence-electron chi connectivity index (χ3n) is 3.43. The number of hydrogen-bond donors (Lipinski definition) is 3. The third kappa shape index (κ3) is 4.01. The molecule has 0 unspecified atom stereocenters. The summed E-state index contributed by atoms with van der Waals surface area (Å²) in [6.07, 6.45) is 0. The van der Waals surface area contributed by atoms with Crippen LogP contribution < -0.4 is 20.1 Å². The number of rotatable bonds is 4. The zero-order valence-corrected chi connectivity index (χ0v) is 15.5. The van der Waals surface area contributed by atoms with Gasteiger partial charge in [-0.1, -0.05) is 11.3 Å². The van der Waals surface area contributed by atoms with Crippen LogP contribution in [0.25, 0.3) is 10.2 Å². The monoisotopic (exact) mass is 389 g/mol. The Bertz CT molecular complexity index is 965. The number of nitrogens with zero attached hydrogens (tertiary/aromatic N) is 1. The topological polar surface area (TPSA) is 92.7 Å². The van der Waals surface area contributed by atoms with E-state index in [1.54, 1.807) is 36.4 Å². The number of nitrogens with one attached hydrogen (secondary N) is 2. The number of phenols is 1. The summed E-state index contributed by atoms with van der Waals surface area (Å²) in [5.41, 5.74) is 1.07. The Hall–Kier alpha value is -2.91. The number of fused-ring (bicyclic) bond motifs is 1. The molecular weight excluding hydrogens is 374 g/mol. The predicted molar refractivity (Wildman–Crippen MR) is 105 cm³/mol. The molecule has 0 fully saturated rings. The first-order valence-electron chi connectivity index (χ1n) is 7.43. The van der Waals surface area contributed by atoms with Gasteiger partial charge in [-0.15, -0.1) is 0 Å². The van der Waals surface area contributed by atoms with Gasteiger partial charge in [-0.3, -0.25) is 10.1 Å². The highest BCUT2D eigenvalue weighted by atomic mass is 32.1. The molecule has 3 aromatic rings. The average molecular weight is 389 g/mol. The van der Waals surface area contributed by atoms with Gasteiger partial charge in [-0.05, 0) is 42.5 Å². The lowest BCUT2D eigenvalue weighted by Crippen LogP contribution is -2.34.